The minimum absolute atomic E-state index is 0.0626. The molecule has 1 aliphatic heterocycles. The lowest BCUT2D eigenvalue weighted by Crippen LogP contribution is -2.29. The summed E-state index contributed by atoms with van der Waals surface area (Å²) in [5.74, 6) is -1.08. The van der Waals surface area contributed by atoms with Crippen molar-refractivity contribution in [1.82, 2.24) is 0 Å². The average Bonchev–Trinajstić information content (AvgIpc) is 2.08. The van der Waals surface area contributed by atoms with E-state index in [0.29, 0.717) is 6.54 Å². The minimum Gasteiger partial charge on any atom is -0.632 e. The number of carboxylic acids is 1. The number of rotatable bonds is 2. The van der Waals surface area contributed by atoms with Gasteiger partial charge in [0.1, 0.15) is 0 Å². The Bertz CT molecular complexity index is 167. The van der Waals surface area contributed by atoms with E-state index in [9.17, 15) is 9.90 Å². The van der Waals surface area contributed by atoms with Gasteiger partial charge in [0.15, 0.2) is 0 Å². The fourth-order valence-corrected chi connectivity index (χ4v) is 1.10. The Labute approximate surface area is 65.5 Å². The maximum absolute atomic E-state index is 10.1. The second-order valence-electron chi connectivity index (χ2n) is 3.10. The molecule has 1 heterocycles. The molecule has 4 nitrogen and oxygen atoms in total. The fraction of sp³-hybridized carbons (Fsp3) is 0.857. The summed E-state index contributed by atoms with van der Waals surface area (Å²) in [7, 11) is 0. The van der Waals surface area contributed by atoms with Crippen molar-refractivity contribution in [2.75, 3.05) is 6.54 Å². The molecule has 1 atom stereocenters. The van der Waals surface area contributed by atoms with Crippen LogP contribution in [-0.2, 0) is 9.53 Å². The highest BCUT2D eigenvalue weighted by atomic mass is 16.5. The molecule has 0 amide bonds. The smallest absolute Gasteiger partial charge is 0.0439 e. The van der Waals surface area contributed by atoms with Crippen LogP contribution in [0.3, 0.4) is 0 Å². The van der Waals surface area contributed by atoms with Crippen molar-refractivity contribution in [2.45, 2.75) is 32.1 Å². The van der Waals surface area contributed by atoms with Gasteiger partial charge in [0.25, 0.3) is 0 Å². The van der Waals surface area contributed by atoms with Crippen molar-refractivity contribution < 1.29 is 14.6 Å². The fourth-order valence-electron chi connectivity index (χ4n) is 1.10. The van der Waals surface area contributed by atoms with Crippen LogP contribution in [0, 0.1) is 0 Å². The molecule has 11 heavy (non-hydrogen) atoms. The van der Waals surface area contributed by atoms with E-state index < -0.39 is 11.7 Å². The number of ether oxygens (including phenoxy) is 1. The van der Waals surface area contributed by atoms with E-state index in [1.54, 1.807) is 0 Å². The standard InChI is InChI=1S/C7H12NO3/c1-7(2)8-4-5(11-7)3-6(9)10/h5H,3-4H2,1-2H3,(H,9,10)/q-1/p-1/t5-/m1/s1. The molecule has 1 fully saturated rings. The second-order valence-corrected chi connectivity index (χ2v) is 3.10. The SMILES string of the molecule is CC1(C)[N-]C[C@@H](CC(=O)[O-])O1. The largest absolute Gasteiger partial charge is 0.632 e. The third kappa shape index (κ3) is 2.48. The molecule has 0 bridgehead atoms. The predicted octanol–water partition coefficient (Wildman–Crippen LogP) is -0.365. The minimum atomic E-state index is -1.08. The molecule has 0 saturated carbocycles. The summed E-state index contributed by atoms with van der Waals surface area (Å²) in [5, 5.41) is 14.2. The van der Waals surface area contributed by atoms with E-state index in [4.69, 9.17) is 4.74 Å². The van der Waals surface area contributed by atoms with Crippen LogP contribution in [-0.4, -0.2) is 24.3 Å². The van der Waals surface area contributed by atoms with Crippen molar-refractivity contribution in [3.8, 4) is 0 Å². The van der Waals surface area contributed by atoms with Gasteiger partial charge in [0.2, 0.25) is 0 Å². The Balaban J connectivity index is 2.36. The third-order valence-corrected chi connectivity index (χ3v) is 1.53. The number of carbonyl (C=O) groups excluding carboxylic acids is 1. The summed E-state index contributed by atoms with van der Waals surface area (Å²) < 4.78 is 5.27. The third-order valence-electron chi connectivity index (χ3n) is 1.53. The van der Waals surface area contributed by atoms with Crippen LogP contribution in [0.15, 0.2) is 0 Å². The van der Waals surface area contributed by atoms with E-state index in [2.05, 4.69) is 5.32 Å². The Hall–Kier alpha value is -0.610. The molecule has 4 heteroatoms. The summed E-state index contributed by atoms with van der Waals surface area (Å²) in [5.41, 5.74) is -0.514. The molecule has 0 aliphatic carbocycles. The van der Waals surface area contributed by atoms with Crippen LogP contribution in [0.1, 0.15) is 20.3 Å². The highest BCUT2D eigenvalue weighted by molar-refractivity contribution is 5.65. The van der Waals surface area contributed by atoms with Crippen LogP contribution < -0.4 is 5.11 Å². The van der Waals surface area contributed by atoms with Crippen molar-refractivity contribution in [3.05, 3.63) is 5.32 Å². The second kappa shape index (κ2) is 2.79. The summed E-state index contributed by atoms with van der Waals surface area (Å²) in [6, 6.07) is 0. The summed E-state index contributed by atoms with van der Waals surface area (Å²) in [6.45, 7) is 4.07. The van der Waals surface area contributed by atoms with E-state index in [1.807, 2.05) is 13.8 Å². The van der Waals surface area contributed by atoms with Gasteiger partial charge in [-0.25, -0.2) is 0 Å². The topological polar surface area (TPSA) is 63.5 Å². The van der Waals surface area contributed by atoms with E-state index in [-0.39, 0.29) is 12.5 Å². The number of hydrogen-bond acceptors (Lipinski definition) is 3. The van der Waals surface area contributed by atoms with Gasteiger partial charge in [-0.3, -0.25) is 0 Å². The van der Waals surface area contributed by atoms with Gasteiger partial charge in [-0.15, -0.1) is 6.54 Å². The lowest BCUT2D eigenvalue weighted by molar-refractivity contribution is -0.307. The molecular formula is C7H11NO3-2. The molecule has 0 aromatic carbocycles. The molecule has 1 rings (SSSR count). The van der Waals surface area contributed by atoms with Crippen LogP contribution in [0.2, 0.25) is 0 Å². The number of carbonyl (C=O) groups is 1. The average molecular weight is 157 g/mol. The quantitative estimate of drug-likeness (QED) is 0.549. The summed E-state index contributed by atoms with van der Waals surface area (Å²) >= 11 is 0. The molecule has 0 radical (unpaired) electrons. The number of hydrogen-bond donors (Lipinski definition) is 0. The molecule has 0 N–H and O–H groups in total. The van der Waals surface area contributed by atoms with Gasteiger partial charge in [0, 0.05) is 18.5 Å². The molecule has 1 aliphatic rings. The van der Waals surface area contributed by atoms with Gasteiger partial charge >= 0.3 is 0 Å². The first-order valence-corrected chi connectivity index (χ1v) is 3.56. The molecule has 64 valence electrons. The van der Waals surface area contributed by atoms with Crippen molar-refractivity contribution >= 4 is 5.97 Å². The molecular weight excluding hydrogens is 146 g/mol. The van der Waals surface area contributed by atoms with Crippen LogP contribution in [0.25, 0.3) is 5.32 Å². The lowest BCUT2D eigenvalue weighted by Gasteiger charge is -2.30. The highest BCUT2D eigenvalue weighted by Gasteiger charge is 2.20. The Kier molecular flexibility index (Phi) is 2.15. The van der Waals surface area contributed by atoms with Crippen molar-refractivity contribution in [3.63, 3.8) is 0 Å². The zero-order valence-corrected chi connectivity index (χ0v) is 6.66. The number of carboxylic acid groups (broad SMARTS) is 1. The first-order chi connectivity index (χ1) is 4.99. The molecule has 1 saturated heterocycles. The van der Waals surface area contributed by atoms with Gasteiger partial charge in [-0.05, 0) is 5.72 Å². The molecule has 0 aromatic rings. The predicted molar refractivity (Wildman–Crippen MR) is 36.8 cm³/mol. The van der Waals surface area contributed by atoms with Gasteiger partial charge in [-0.1, -0.05) is 13.8 Å². The number of aliphatic carboxylic acids is 1. The van der Waals surface area contributed by atoms with Crippen LogP contribution in [0.5, 0.6) is 0 Å². The highest BCUT2D eigenvalue weighted by Crippen LogP contribution is 2.28. The van der Waals surface area contributed by atoms with Crippen LogP contribution in [0.4, 0.5) is 0 Å². The lowest BCUT2D eigenvalue weighted by atomic mass is 10.3. The first kappa shape index (κ1) is 8.49. The molecule has 0 unspecified atom stereocenters. The Morgan fingerprint density at radius 2 is 2.45 bits per heavy atom. The van der Waals surface area contributed by atoms with Crippen LogP contribution >= 0.6 is 0 Å². The Morgan fingerprint density at radius 3 is 2.82 bits per heavy atom. The molecule has 0 spiro atoms. The van der Waals surface area contributed by atoms with E-state index >= 15 is 0 Å². The first-order valence-electron chi connectivity index (χ1n) is 3.56. The maximum Gasteiger partial charge on any atom is 0.0439 e. The summed E-state index contributed by atoms with van der Waals surface area (Å²) in [6.07, 6.45) is -0.359. The zero-order chi connectivity index (χ0) is 8.48. The van der Waals surface area contributed by atoms with Gasteiger partial charge in [0.05, 0.1) is 0 Å². The van der Waals surface area contributed by atoms with Gasteiger partial charge < -0.3 is 20.0 Å². The van der Waals surface area contributed by atoms with Crippen molar-refractivity contribution in [2.24, 2.45) is 0 Å². The maximum atomic E-state index is 10.1. The van der Waals surface area contributed by atoms with E-state index in [1.165, 1.54) is 0 Å². The zero-order valence-electron chi connectivity index (χ0n) is 6.66. The van der Waals surface area contributed by atoms with Gasteiger partial charge in [-0.2, -0.15) is 0 Å². The number of nitrogens with zero attached hydrogens (tertiary/aromatic N) is 1. The summed E-state index contributed by atoms with van der Waals surface area (Å²) in [4.78, 5) is 10.1. The van der Waals surface area contributed by atoms with Crippen molar-refractivity contribution in [1.29, 1.82) is 0 Å². The molecule has 0 aromatic heterocycles. The normalized spacial score (nSPS) is 28.7. The monoisotopic (exact) mass is 157 g/mol. The Morgan fingerprint density at radius 1 is 1.82 bits per heavy atom. The van der Waals surface area contributed by atoms with E-state index in [0.717, 1.165) is 0 Å².